The van der Waals surface area contributed by atoms with E-state index in [0.29, 0.717) is 0 Å². The van der Waals surface area contributed by atoms with Crippen molar-refractivity contribution in [2.24, 2.45) is 13.0 Å². The molecule has 0 saturated heterocycles. The van der Waals surface area contributed by atoms with Gasteiger partial charge in [0.2, 0.25) is 0 Å². The first-order valence-corrected chi connectivity index (χ1v) is 4.48. The van der Waals surface area contributed by atoms with Gasteiger partial charge in [0.15, 0.2) is 0 Å². The molecule has 66 valence electrons. The number of hydrogen-bond acceptors (Lipinski definition) is 2. The normalized spacial score (nSPS) is 22.3. The maximum Gasteiger partial charge on any atom is 0.148 e. The van der Waals surface area contributed by atoms with Crippen molar-refractivity contribution in [2.45, 2.75) is 26.2 Å². The van der Waals surface area contributed by atoms with Gasteiger partial charge in [-0.05, 0) is 25.2 Å². The highest BCUT2D eigenvalue weighted by Crippen LogP contribution is 2.28. The molecule has 0 aromatic carbocycles. The molecular formula is C9H15N3. The van der Waals surface area contributed by atoms with Gasteiger partial charge in [-0.2, -0.15) is 5.10 Å². The Balaban J connectivity index is 2.45. The average molecular weight is 165 g/mol. The molecule has 0 saturated carbocycles. The topological polar surface area (TPSA) is 43.8 Å². The number of rotatable bonds is 0. The molecule has 1 unspecified atom stereocenters. The van der Waals surface area contributed by atoms with Crippen molar-refractivity contribution < 1.29 is 0 Å². The van der Waals surface area contributed by atoms with Crippen molar-refractivity contribution in [3.05, 3.63) is 11.3 Å². The molecule has 1 aromatic heterocycles. The van der Waals surface area contributed by atoms with E-state index in [-0.39, 0.29) is 0 Å². The van der Waals surface area contributed by atoms with E-state index in [0.717, 1.165) is 24.6 Å². The van der Waals surface area contributed by atoms with Crippen LogP contribution >= 0.6 is 0 Å². The summed E-state index contributed by atoms with van der Waals surface area (Å²) in [5.41, 5.74) is 8.42. The number of nitrogen functional groups attached to an aromatic ring is 1. The molecule has 0 spiro atoms. The van der Waals surface area contributed by atoms with Crippen LogP contribution in [0.15, 0.2) is 0 Å². The van der Waals surface area contributed by atoms with Crippen LogP contribution in [0.4, 0.5) is 5.82 Å². The van der Waals surface area contributed by atoms with Crippen molar-refractivity contribution in [1.82, 2.24) is 9.78 Å². The Morgan fingerprint density at radius 3 is 3.08 bits per heavy atom. The molecule has 0 bridgehead atoms. The zero-order valence-electron chi connectivity index (χ0n) is 7.67. The van der Waals surface area contributed by atoms with Crippen LogP contribution in [0, 0.1) is 5.92 Å². The zero-order valence-corrected chi connectivity index (χ0v) is 7.67. The Labute approximate surface area is 72.6 Å². The quantitative estimate of drug-likeness (QED) is 0.626. The molecule has 1 aromatic rings. The van der Waals surface area contributed by atoms with Gasteiger partial charge in [0.1, 0.15) is 5.82 Å². The smallest absolute Gasteiger partial charge is 0.148 e. The van der Waals surface area contributed by atoms with Gasteiger partial charge in [-0.25, -0.2) is 0 Å². The lowest BCUT2D eigenvalue weighted by Gasteiger charge is -2.18. The Hall–Kier alpha value is -0.990. The minimum Gasteiger partial charge on any atom is -0.382 e. The van der Waals surface area contributed by atoms with Crippen LogP contribution < -0.4 is 5.73 Å². The van der Waals surface area contributed by atoms with Crippen LogP contribution in [0.3, 0.4) is 0 Å². The molecule has 3 heteroatoms. The first-order valence-electron chi connectivity index (χ1n) is 4.48. The van der Waals surface area contributed by atoms with Crippen LogP contribution in [0.5, 0.6) is 0 Å². The van der Waals surface area contributed by atoms with Crippen LogP contribution in [0.25, 0.3) is 0 Å². The van der Waals surface area contributed by atoms with Crippen molar-refractivity contribution >= 4 is 5.82 Å². The Morgan fingerprint density at radius 2 is 2.33 bits per heavy atom. The van der Waals surface area contributed by atoms with Gasteiger partial charge in [0, 0.05) is 18.3 Å². The summed E-state index contributed by atoms with van der Waals surface area (Å²) < 4.78 is 1.93. The number of nitrogens with two attached hydrogens (primary N) is 1. The predicted octanol–water partition coefficient (Wildman–Crippen LogP) is 1.13. The number of fused-ring (bicyclic) bond motifs is 1. The largest absolute Gasteiger partial charge is 0.382 e. The van der Waals surface area contributed by atoms with E-state index in [2.05, 4.69) is 12.0 Å². The van der Waals surface area contributed by atoms with Crippen molar-refractivity contribution in [1.29, 1.82) is 0 Å². The second kappa shape index (κ2) is 2.51. The Bertz CT molecular complexity index is 301. The molecule has 0 amide bonds. The number of hydrogen-bond donors (Lipinski definition) is 1. The Kier molecular flexibility index (Phi) is 1.60. The fourth-order valence-electron chi connectivity index (χ4n) is 1.99. The van der Waals surface area contributed by atoms with E-state index in [4.69, 9.17) is 5.73 Å². The highest BCUT2D eigenvalue weighted by atomic mass is 15.3. The summed E-state index contributed by atoms with van der Waals surface area (Å²) in [7, 11) is 1.98. The lowest BCUT2D eigenvalue weighted by atomic mass is 9.89. The van der Waals surface area contributed by atoms with E-state index < -0.39 is 0 Å². The highest BCUT2D eigenvalue weighted by Gasteiger charge is 2.21. The molecule has 0 fully saturated rings. The SMILES string of the molecule is CC1CCc2c(c(N)nn2C)C1. The molecule has 2 N–H and O–H groups in total. The standard InChI is InChI=1S/C9H15N3/c1-6-3-4-8-7(5-6)9(10)11-12(8)2/h6H,3-5H2,1-2H3,(H2,10,11). The summed E-state index contributed by atoms with van der Waals surface area (Å²) in [5, 5.41) is 4.22. The third-order valence-electron chi connectivity index (χ3n) is 2.73. The number of aromatic nitrogens is 2. The van der Waals surface area contributed by atoms with E-state index in [9.17, 15) is 0 Å². The molecule has 1 aliphatic carbocycles. The molecule has 2 rings (SSSR count). The molecule has 3 nitrogen and oxygen atoms in total. The van der Waals surface area contributed by atoms with Crippen molar-refractivity contribution in [2.75, 3.05) is 5.73 Å². The molecule has 1 heterocycles. The lowest BCUT2D eigenvalue weighted by Crippen LogP contribution is -2.13. The zero-order chi connectivity index (χ0) is 8.72. The van der Waals surface area contributed by atoms with Crippen LogP contribution in [-0.4, -0.2) is 9.78 Å². The first kappa shape index (κ1) is 7.65. The molecule has 12 heavy (non-hydrogen) atoms. The summed E-state index contributed by atoms with van der Waals surface area (Å²) in [6.45, 7) is 2.27. The van der Waals surface area contributed by atoms with Crippen LogP contribution in [-0.2, 0) is 19.9 Å². The fourth-order valence-corrected chi connectivity index (χ4v) is 1.99. The van der Waals surface area contributed by atoms with E-state index in [1.807, 2.05) is 11.7 Å². The van der Waals surface area contributed by atoms with Gasteiger partial charge >= 0.3 is 0 Å². The van der Waals surface area contributed by atoms with E-state index in [1.165, 1.54) is 17.7 Å². The summed E-state index contributed by atoms with van der Waals surface area (Å²) in [5.74, 6) is 1.50. The van der Waals surface area contributed by atoms with Gasteiger partial charge in [-0.15, -0.1) is 0 Å². The third-order valence-corrected chi connectivity index (χ3v) is 2.73. The summed E-state index contributed by atoms with van der Waals surface area (Å²) in [6.07, 6.45) is 3.51. The minimum atomic E-state index is 0.735. The summed E-state index contributed by atoms with van der Waals surface area (Å²) in [6, 6.07) is 0. The van der Waals surface area contributed by atoms with Gasteiger partial charge in [-0.1, -0.05) is 6.92 Å². The second-order valence-electron chi connectivity index (χ2n) is 3.78. The summed E-state index contributed by atoms with van der Waals surface area (Å²) >= 11 is 0. The van der Waals surface area contributed by atoms with Gasteiger partial charge < -0.3 is 5.73 Å². The Morgan fingerprint density at radius 1 is 1.58 bits per heavy atom. The van der Waals surface area contributed by atoms with Gasteiger partial charge in [0.25, 0.3) is 0 Å². The number of anilines is 1. The third kappa shape index (κ3) is 1.00. The molecule has 0 aliphatic heterocycles. The predicted molar refractivity (Wildman–Crippen MR) is 48.8 cm³/mol. The van der Waals surface area contributed by atoms with E-state index >= 15 is 0 Å². The molecular weight excluding hydrogens is 150 g/mol. The average Bonchev–Trinajstić information content (AvgIpc) is 2.28. The second-order valence-corrected chi connectivity index (χ2v) is 3.78. The maximum atomic E-state index is 5.79. The van der Waals surface area contributed by atoms with Gasteiger partial charge in [0.05, 0.1) is 0 Å². The van der Waals surface area contributed by atoms with Crippen LogP contribution in [0.1, 0.15) is 24.6 Å². The molecule has 1 aliphatic rings. The minimum absolute atomic E-state index is 0.735. The molecule has 1 atom stereocenters. The van der Waals surface area contributed by atoms with Crippen LogP contribution in [0.2, 0.25) is 0 Å². The van der Waals surface area contributed by atoms with Gasteiger partial charge in [-0.3, -0.25) is 4.68 Å². The number of nitrogens with zero attached hydrogens (tertiary/aromatic N) is 2. The highest BCUT2D eigenvalue weighted by molar-refractivity contribution is 5.44. The fraction of sp³-hybridized carbons (Fsp3) is 0.667. The lowest BCUT2D eigenvalue weighted by molar-refractivity contribution is 0.487. The monoisotopic (exact) mass is 165 g/mol. The molecule has 0 radical (unpaired) electrons. The first-order chi connectivity index (χ1) is 5.68. The van der Waals surface area contributed by atoms with Crippen molar-refractivity contribution in [3.8, 4) is 0 Å². The number of aryl methyl sites for hydroxylation is 1. The van der Waals surface area contributed by atoms with Crippen molar-refractivity contribution in [3.63, 3.8) is 0 Å². The maximum absolute atomic E-state index is 5.79. The van der Waals surface area contributed by atoms with E-state index in [1.54, 1.807) is 0 Å². The summed E-state index contributed by atoms with van der Waals surface area (Å²) in [4.78, 5) is 0.